The molecule has 0 spiro atoms. The standard InChI is InChI=1S/C15H17N3O2S/c1-9(19)14-4-3-11(21-14)7-18-6-5-13-12(8-18)15(20)17-10(2)16-13/h3-4H,5-8H2,1-2H3,(H,16,17,20). The molecular weight excluding hydrogens is 286 g/mol. The number of aryl methyl sites for hydroxylation is 1. The van der Waals surface area contributed by atoms with Crippen molar-refractivity contribution in [3.05, 3.63) is 49.3 Å². The van der Waals surface area contributed by atoms with Crippen molar-refractivity contribution in [3.8, 4) is 0 Å². The predicted octanol–water partition coefficient (Wildman–Crippen LogP) is 1.90. The molecule has 3 rings (SSSR count). The van der Waals surface area contributed by atoms with Crippen LogP contribution in [0.4, 0.5) is 0 Å². The van der Waals surface area contributed by atoms with Gasteiger partial charge in [0.15, 0.2) is 5.78 Å². The summed E-state index contributed by atoms with van der Waals surface area (Å²) in [5.41, 5.74) is 1.66. The lowest BCUT2D eigenvalue weighted by atomic mass is 10.1. The Kier molecular flexibility index (Phi) is 3.73. The maximum atomic E-state index is 12.0. The molecule has 0 aliphatic carbocycles. The number of rotatable bonds is 3. The normalized spacial score (nSPS) is 15.0. The summed E-state index contributed by atoms with van der Waals surface area (Å²) < 4.78 is 0. The molecule has 1 aliphatic rings. The highest BCUT2D eigenvalue weighted by atomic mass is 32.1. The van der Waals surface area contributed by atoms with Crippen molar-refractivity contribution in [2.75, 3.05) is 6.54 Å². The number of aromatic amines is 1. The highest BCUT2D eigenvalue weighted by Gasteiger charge is 2.21. The highest BCUT2D eigenvalue weighted by molar-refractivity contribution is 7.14. The SMILES string of the molecule is CC(=O)c1ccc(CN2CCc3nc(C)[nH]c(=O)c3C2)s1. The Morgan fingerprint density at radius 3 is 3.00 bits per heavy atom. The third-order valence-corrected chi connectivity index (χ3v) is 4.82. The van der Waals surface area contributed by atoms with Gasteiger partial charge in [0.05, 0.1) is 16.1 Å². The minimum atomic E-state index is -0.0298. The Morgan fingerprint density at radius 2 is 2.29 bits per heavy atom. The maximum Gasteiger partial charge on any atom is 0.255 e. The number of Topliss-reactive ketones (excluding diaryl/α,β-unsaturated/α-hetero) is 1. The lowest BCUT2D eigenvalue weighted by molar-refractivity contribution is 0.102. The molecule has 0 atom stereocenters. The molecule has 3 heterocycles. The van der Waals surface area contributed by atoms with E-state index in [-0.39, 0.29) is 11.3 Å². The number of nitrogens with one attached hydrogen (secondary N) is 1. The summed E-state index contributed by atoms with van der Waals surface area (Å²) in [6, 6.07) is 3.87. The fourth-order valence-corrected chi connectivity index (χ4v) is 3.56. The van der Waals surface area contributed by atoms with Crippen LogP contribution < -0.4 is 5.56 Å². The van der Waals surface area contributed by atoms with Crippen molar-refractivity contribution in [3.63, 3.8) is 0 Å². The van der Waals surface area contributed by atoms with Crippen LogP contribution in [0.25, 0.3) is 0 Å². The molecule has 2 aromatic heterocycles. The van der Waals surface area contributed by atoms with E-state index in [1.807, 2.05) is 19.1 Å². The molecule has 0 amide bonds. The third kappa shape index (κ3) is 2.96. The Labute approximate surface area is 126 Å². The number of thiophene rings is 1. The van der Waals surface area contributed by atoms with Crippen LogP contribution in [0.2, 0.25) is 0 Å². The van der Waals surface area contributed by atoms with Gasteiger partial charge in [-0.2, -0.15) is 0 Å². The Bertz CT molecular complexity index is 748. The number of nitrogens with zero attached hydrogens (tertiary/aromatic N) is 2. The zero-order valence-corrected chi connectivity index (χ0v) is 12.9. The molecule has 0 bridgehead atoms. The first-order valence-corrected chi connectivity index (χ1v) is 7.75. The van der Waals surface area contributed by atoms with Crippen LogP contribution in [-0.4, -0.2) is 27.2 Å². The number of ketones is 1. The van der Waals surface area contributed by atoms with Crippen LogP contribution in [-0.2, 0) is 19.5 Å². The van der Waals surface area contributed by atoms with Crippen LogP contribution in [0.3, 0.4) is 0 Å². The summed E-state index contributed by atoms with van der Waals surface area (Å²) in [6.45, 7) is 5.66. The van der Waals surface area contributed by atoms with Gasteiger partial charge < -0.3 is 4.98 Å². The van der Waals surface area contributed by atoms with E-state index in [2.05, 4.69) is 14.9 Å². The fraction of sp³-hybridized carbons (Fsp3) is 0.400. The van der Waals surface area contributed by atoms with Crippen molar-refractivity contribution < 1.29 is 4.79 Å². The lowest BCUT2D eigenvalue weighted by Crippen LogP contribution is -2.35. The minimum Gasteiger partial charge on any atom is -0.310 e. The van der Waals surface area contributed by atoms with Gasteiger partial charge in [-0.05, 0) is 26.0 Å². The maximum absolute atomic E-state index is 12.0. The molecule has 0 saturated heterocycles. The second-order valence-electron chi connectivity index (χ2n) is 5.36. The second kappa shape index (κ2) is 5.54. The van der Waals surface area contributed by atoms with Gasteiger partial charge in [0, 0.05) is 30.9 Å². The Hall–Kier alpha value is -1.79. The van der Waals surface area contributed by atoms with Gasteiger partial charge in [0.25, 0.3) is 5.56 Å². The van der Waals surface area contributed by atoms with Gasteiger partial charge in [0.2, 0.25) is 0 Å². The highest BCUT2D eigenvalue weighted by Crippen LogP contribution is 2.21. The van der Waals surface area contributed by atoms with Gasteiger partial charge >= 0.3 is 0 Å². The molecule has 5 nitrogen and oxygen atoms in total. The third-order valence-electron chi connectivity index (χ3n) is 3.65. The Balaban J connectivity index is 1.77. The van der Waals surface area contributed by atoms with Gasteiger partial charge in [-0.3, -0.25) is 14.5 Å². The summed E-state index contributed by atoms with van der Waals surface area (Å²) in [4.78, 5) is 34.7. The number of carbonyl (C=O) groups is 1. The van der Waals surface area contributed by atoms with E-state index < -0.39 is 0 Å². The van der Waals surface area contributed by atoms with Crippen molar-refractivity contribution >= 4 is 17.1 Å². The van der Waals surface area contributed by atoms with Gasteiger partial charge in [-0.25, -0.2) is 4.98 Å². The van der Waals surface area contributed by atoms with Gasteiger partial charge in [-0.15, -0.1) is 11.3 Å². The summed E-state index contributed by atoms with van der Waals surface area (Å²) in [5, 5.41) is 0. The molecule has 0 fully saturated rings. The molecule has 0 unspecified atom stereocenters. The smallest absolute Gasteiger partial charge is 0.255 e. The zero-order valence-electron chi connectivity index (χ0n) is 12.1. The van der Waals surface area contributed by atoms with Crippen LogP contribution in [0.15, 0.2) is 16.9 Å². The monoisotopic (exact) mass is 303 g/mol. The molecule has 1 N–H and O–H groups in total. The molecule has 1 aliphatic heterocycles. The molecule has 2 aromatic rings. The largest absolute Gasteiger partial charge is 0.310 e. The summed E-state index contributed by atoms with van der Waals surface area (Å²) in [5.74, 6) is 0.780. The number of aromatic nitrogens is 2. The molecule has 21 heavy (non-hydrogen) atoms. The van der Waals surface area contributed by atoms with Crippen LogP contribution >= 0.6 is 11.3 Å². The molecular formula is C15H17N3O2S. The molecule has 6 heteroatoms. The van der Waals surface area contributed by atoms with Crippen molar-refractivity contribution in [1.29, 1.82) is 0 Å². The first-order valence-electron chi connectivity index (χ1n) is 6.93. The van der Waals surface area contributed by atoms with Gasteiger partial charge in [-0.1, -0.05) is 0 Å². The first-order chi connectivity index (χ1) is 10.0. The van der Waals surface area contributed by atoms with E-state index in [0.29, 0.717) is 12.4 Å². The van der Waals surface area contributed by atoms with Crippen LogP contribution in [0, 0.1) is 6.92 Å². The number of hydrogen-bond donors (Lipinski definition) is 1. The van der Waals surface area contributed by atoms with Crippen molar-refractivity contribution in [2.45, 2.75) is 33.4 Å². The van der Waals surface area contributed by atoms with Gasteiger partial charge in [0.1, 0.15) is 5.82 Å². The topological polar surface area (TPSA) is 66.1 Å². The molecule has 0 saturated carbocycles. The van der Waals surface area contributed by atoms with E-state index in [4.69, 9.17) is 0 Å². The summed E-state index contributed by atoms with van der Waals surface area (Å²) in [6.07, 6.45) is 0.797. The Morgan fingerprint density at radius 1 is 1.48 bits per heavy atom. The van der Waals surface area contributed by atoms with E-state index in [1.165, 1.54) is 11.3 Å². The van der Waals surface area contributed by atoms with Crippen LogP contribution in [0.5, 0.6) is 0 Å². The molecule has 0 radical (unpaired) electrons. The van der Waals surface area contributed by atoms with E-state index >= 15 is 0 Å². The average molecular weight is 303 g/mol. The molecule has 0 aromatic carbocycles. The van der Waals surface area contributed by atoms with Crippen LogP contribution in [0.1, 0.15) is 38.6 Å². The first kappa shape index (κ1) is 14.2. The predicted molar refractivity (Wildman–Crippen MR) is 81.7 cm³/mol. The number of hydrogen-bond acceptors (Lipinski definition) is 5. The van der Waals surface area contributed by atoms with E-state index in [0.717, 1.165) is 40.5 Å². The van der Waals surface area contributed by atoms with E-state index in [1.54, 1.807) is 6.92 Å². The minimum absolute atomic E-state index is 0.0298. The second-order valence-corrected chi connectivity index (χ2v) is 6.53. The number of fused-ring (bicyclic) bond motifs is 1. The molecule has 110 valence electrons. The zero-order chi connectivity index (χ0) is 15.0. The average Bonchev–Trinajstić information content (AvgIpc) is 2.88. The summed E-state index contributed by atoms with van der Waals surface area (Å²) in [7, 11) is 0. The van der Waals surface area contributed by atoms with E-state index in [9.17, 15) is 9.59 Å². The van der Waals surface area contributed by atoms with Crippen molar-refractivity contribution in [2.24, 2.45) is 0 Å². The lowest BCUT2D eigenvalue weighted by Gasteiger charge is -2.27. The number of carbonyl (C=O) groups excluding carboxylic acids is 1. The quantitative estimate of drug-likeness (QED) is 0.880. The summed E-state index contributed by atoms with van der Waals surface area (Å²) >= 11 is 1.53. The number of H-pyrrole nitrogens is 1. The van der Waals surface area contributed by atoms with Crippen molar-refractivity contribution in [1.82, 2.24) is 14.9 Å². The fourth-order valence-electron chi connectivity index (χ4n) is 2.61.